The Morgan fingerprint density at radius 3 is 1.70 bits per heavy atom. The second-order valence-electron chi connectivity index (χ2n) is 19.2. The first-order valence-electron chi connectivity index (χ1n) is 23.2. The van der Waals surface area contributed by atoms with Crippen LogP contribution in [-0.2, 0) is 34.4 Å². The summed E-state index contributed by atoms with van der Waals surface area (Å²) in [5.74, 6) is 1.04. The molecule has 5 rings (SSSR count). The van der Waals surface area contributed by atoms with Crippen LogP contribution in [0.3, 0.4) is 0 Å². The number of nitrogens with zero attached hydrogens (tertiary/aromatic N) is 3. The topological polar surface area (TPSA) is 181 Å². The molecule has 0 radical (unpaired) electrons. The van der Waals surface area contributed by atoms with Crippen molar-refractivity contribution in [3.8, 4) is 34.3 Å². The average Bonchev–Trinajstić information content (AvgIpc) is 3.68. The van der Waals surface area contributed by atoms with E-state index in [2.05, 4.69) is 51.6 Å². The van der Waals surface area contributed by atoms with E-state index in [-0.39, 0.29) is 29.0 Å². The van der Waals surface area contributed by atoms with Crippen LogP contribution in [0.4, 0.5) is 4.79 Å². The fourth-order valence-corrected chi connectivity index (χ4v) is 8.22. The van der Waals surface area contributed by atoms with Crippen LogP contribution in [0.25, 0.3) is 11.3 Å². The molecular weight excluding hydrogens is 855 g/mol. The molecule has 66 heavy (non-hydrogen) atoms. The highest BCUT2D eigenvalue weighted by Crippen LogP contribution is 2.37. The Morgan fingerprint density at radius 1 is 0.712 bits per heavy atom. The molecule has 0 spiro atoms. The lowest BCUT2D eigenvalue weighted by molar-refractivity contribution is 0.0203. The smallest absolute Gasteiger partial charge is 0.417 e. The summed E-state index contributed by atoms with van der Waals surface area (Å²) in [4.78, 5) is 31.3. The van der Waals surface area contributed by atoms with Crippen molar-refractivity contribution in [2.75, 3.05) is 60.0 Å². The molecule has 3 heterocycles. The van der Waals surface area contributed by atoms with Crippen molar-refractivity contribution in [3.05, 3.63) is 89.4 Å². The van der Waals surface area contributed by atoms with Crippen LogP contribution in [0.1, 0.15) is 108 Å². The number of carbonyl (C=O) groups is 2. The van der Waals surface area contributed by atoms with Gasteiger partial charge in [-0.15, -0.1) is 0 Å². The lowest BCUT2D eigenvalue weighted by atomic mass is 10.1. The zero-order valence-electron chi connectivity index (χ0n) is 41.1. The first-order chi connectivity index (χ1) is 31.3. The molecule has 2 aromatic carbocycles. The minimum Gasteiger partial charge on any atom is -0.504 e. The van der Waals surface area contributed by atoms with Gasteiger partial charge in [-0.3, -0.25) is 9.78 Å². The highest BCUT2D eigenvalue weighted by molar-refractivity contribution is 6.31. The lowest BCUT2D eigenvalue weighted by Gasteiger charge is -2.36. The molecule has 364 valence electrons. The van der Waals surface area contributed by atoms with Gasteiger partial charge < -0.3 is 54.7 Å². The van der Waals surface area contributed by atoms with Crippen LogP contribution in [0.15, 0.2) is 67.0 Å². The highest BCUT2D eigenvalue weighted by atomic mass is 28.2. The number of aromatic nitrogens is 2. The number of phenolic OH excluding ortho intramolecular Hbond substituents is 2. The second kappa shape index (κ2) is 25.8. The number of ether oxygens (including phenoxy) is 3. The molecule has 4 aromatic rings. The van der Waals surface area contributed by atoms with Crippen molar-refractivity contribution in [3.63, 3.8) is 0 Å². The van der Waals surface area contributed by atoms with E-state index in [9.17, 15) is 19.8 Å². The molecule has 16 heteroatoms. The minimum absolute atomic E-state index is 0.130. The molecule has 15 nitrogen and oxygen atoms in total. The van der Waals surface area contributed by atoms with Crippen LogP contribution in [0, 0.1) is 0 Å². The van der Waals surface area contributed by atoms with Crippen LogP contribution < -0.4 is 30.7 Å². The fraction of sp³-hybridized carbons (Fsp3) is 0.540. The van der Waals surface area contributed by atoms with Crippen LogP contribution in [0.5, 0.6) is 23.0 Å². The molecular formula is C50H77N7O8Si. The summed E-state index contributed by atoms with van der Waals surface area (Å²) >= 11 is 0. The first-order valence-corrected chi connectivity index (χ1v) is 24.5. The summed E-state index contributed by atoms with van der Waals surface area (Å²) in [6, 6.07) is 16.6. The van der Waals surface area contributed by atoms with E-state index in [1.807, 2.05) is 56.3 Å². The zero-order valence-corrected chi connectivity index (χ0v) is 42.6. The maximum Gasteiger partial charge on any atom is 0.417 e. The Bertz CT molecular complexity index is 2050. The summed E-state index contributed by atoms with van der Waals surface area (Å²) < 4.78 is 24.4. The van der Waals surface area contributed by atoms with Crippen molar-refractivity contribution in [2.45, 2.75) is 117 Å². The number of fused-ring (bicyclic) bond motifs is 1. The summed E-state index contributed by atoms with van der Waals surface area (Å²) in [5, 5.41) is 33.2. The number of hydrogen-bond donors (Lipinski definition) is 6. The number of methoxy groups -OCH3 is 2. The monoisotopic (exact) mass is 932 g/mol. The predicted octanol–water partition coefficient (Wildman–Crippen LogP) is 7.23. The van der Waals surface area contributed by atoms with Crippen molar-refractivity contribution in [1.29, 1.82) is 0 Å². The third-order valence-corrected chi connectivity index (χ3v) is 12.4. The standard InChI is InChI=1S/C26H42N4O4.C24H35N3O4Si/c1-33-25-17-21(7-9-23(25)31)19-29-15-5-13-27-11-3-4-12-28-14-6-16-30-20-22-8-10-24(32)26(18-22)34-2;1-22(2,3)30-21(29)26-14-11-18-17(20(26)28)15-19(16-9-12-25-13-10-16)27(18)24(7,8)31-32-23(4,5)6/h7-10,17-18,27-32H,3-6,11-16,19-20H2,1-2H3;9-10,12-13,15H,11,14,32H2,1-8H3. The number of benzene rings is 2. The maximum atomic E-state index is 13.4. The largest absolute Gasteiger partial charge is 0.504 e. The van der Waals surface area contributed by atoms with Crippen molar-refractivity contribution >= 4 is 21.8 Å². The Balaban J connectivity index is 0.000000289. The van der Waals surface area contributed by atoms with Gasteiger partial charge in [0.25, 0.3) is 5.91 Å². The van der Waals surface area contributed by atoms with E-state index < -0.39 is 27.2 Å². The van der Waals surface area contributed by atoms with Gasteiger partial charge in [0.05, 0.1) is 25.5 Å². The molecule has 0 unspecified atom stereocenters. The van der Waals surface area contributed by atoms with Crippen molar-refractivity contribution in [1.82, 2.24) is 35.7 Å². The van der Waals surface area contributed by atoms with Gasteiger partial charge in [0, 0.05) is 49.7 Å². The number of amides is 2. The number of imide groups is 1. The van der Waals surface area contributed by atoms with Gasteiger partial charge >= 0.3 is 6.09 Å². The molecule has 2 amide bonds. The quantitative estimate of drug-likeness (QED) is 0.0324. The molecule has 6 N–H and O–H groups in total. The van der Waals surface area contributed by atoms with Gasteiger partial charge in [0.2, 0.25) is 0 Å². The summed E-state index contributed by atoms with van der Waals surface area (Å²) in [7, 11) is 2.27. The molecule has 0 saturated carbocycles. The highest BCUT2D eigenvalue weighted by Gasteiger charge is 2.38. The number of phenols is 2. The van der Waals surface area contributed by atoms with Crippen molar-refractivity contribution < 1.29 is 38.4 Å². The number of carbonyl (C=O) groups excluding carboxylic acids is 2. The number of aromatic hydroxyl groups is 2. The second-order valence-corrected chi connectivity index (χ2v) is 21.9. The number of pyridine rings is 1. The average molecular weight is 932 g/mol. The van der Waals surface area contributed by atoms with Crippen molar-refractivity contribution in [2.24, 2.45) is 0 Å². The van der Waals surface area contributed by atoms with Crippen LogP contribution >= 0.6 is 0 Å². The zero-order chi connectivity index (χ0) is 48.3. The van der Waals surface area contributed by atoms with Crippen LogP contribution in [0.2, 0.25) is 5.04 Å². The fourth-order valence-electron chi connectivity index (χ4n) is 7.30. The molecule has 0 atom stereocenters. The molecule has 1 aliphatic rings. The van der Waals surface area contributed by atoms with Gasteiger partial charge in [-0.25, -0.2) is 9.69 Å². The van der Waals surface area contributed by atoms with E-state index in [0.29, 0.717) is 23.5 Å². The van der Waals surface area contributed by atoms with E-state index >= 15 is 0 Å². The summed E-state index contributed by atoms with van der Waals surface area (Å²) in [6.45, 7) is 23.9. The molecule has 0 bridgehead atoms. The number of hydrogen-bond acceptors (Lipinski definition) is 13. The SMILES string of the molecule is CC(C)(C)OC(=O)N1CCc2c(cc(-c3ccncc3)n2C(C)(C)O[SiH2]C(C)(C)C)C1=O.COc1cc(CNCCCNCCCCNCCCNCc2ccc(O)c(OC)c2)ccc1O. The normalized spacial score (nSPS) is 13.1. The van der Waals surface area contributed by atoms with Gasteiger partial charge in [0.1, 0.15) is 11.3 Å². The molecule has 0 fully saturated rings. The molecule has 2 aromatic heterocycles. The maximum absolute atomic E-state index is 13.4. The molecule has 0 aliphatic carbocycles. The summed E-state index contributed by atoms with van der Waals surface area (Å²) in [6.07, 6.45) is 7.91. The third-order valence-electron chi connectivity index (χ3n) is 10.7. The predicted molar refractivity (Wildman–Crippen MR) is 264 cm³/mol. The van der Waals surface area contributed by atoms with Gasteiger partial charge in [-0.2, -0.15) is 0 Å². The molecule has 1 aliphatic heterocycles. The van der Waals surface area contributed by atoms with Gasteiger partial charge in [-0.05, 0) is 158 Å². The van der Waals surface area contributed by atoms with Crippen LogP contribution in [-0.4, -0.2) is 112 Å². The first kappa shape index (κ1) is 53.6. The lowest BCUT2D eigenvalue weighted by Crippen LogP contribution is -2.45. The molecule has 0 saturated heterocycles. The van der Waals surface area contributed by atoms with E-state index in [0.717, 1.165) is 93.3 Å². The summed E-state index contributed by atoms with van der Waals surface area (Å²) in [5.41, 5.74) is 4.12. The Labute approximate surface area is 395 Å². The number of unbranched alkanes of at least 4 members (excludes halogenated alkanes) is 1. The van der Waals surface area contributed by atoms with Gasteiger partial charge in [-0.1, -0.05) is 32.9 Å². The number of rotatable bonds is 23. The van der Waals surface area contributed by atoms with E-state index in [1.54, 1.807) is 59.5 Å². The Hall–Kier alpha value is -4.97. The Morgan fingerprint density at radius 2 is 1.21 bits per heavy atom. The van der Waals surface area contributed by atoms with E-state index in [1.165, 1.54) is 17.7 Å². The minimum atomic E-state index is -0.855. The Kier molecular flexibility index (Phi) is 21.0. The van der Waals surface area contributed by atoms with Gasteiger partial charge in [0.15, 0.2) is 32.8 Å². The van der Waals surface area contributed by atoms with E-state index in [4.69, 9.17) is 18.6 Å². The number of nitrogens with one attached hydrogen (secondary N) is 4. The third kappa shape index (κ3) is 17.4.